The number of hydrogen-bond acceptors (Lipinski definition) is 3. The number of aromatic amines is 1. The number of benzene rings is 2. The van der Waals surface area contributed by atoms with E-state index in [0.29, 0.717) is 18.5 Å². The fourth-order valence-corrected chi connectivity index (χ4v) is 4.22. The Morgan fingerprint density at radius 3 is 2.61 bits per heavy atom. The molecule has 0 aliphatic carbocycles. The Labute approximate surface area is 182 Å². The largest absolute Gasteiger partial charge is 0.369 e. The molecule has 0 saturated carbocycles. The third kappa shape index (κ3) is 4.80. The molecule has 2 heterocycles. The van der Waals surface area contributed by atoms with Gasteiger partial charge in [0.1, 0.15) is 5.82 Å². The molecule has 0 unspecified atom stereocenters. The lowest BCUT2D eigenvalue weighted by Gasteiger charge is -2.29. The second-order valence-corrected chi connectivity index (χ2v) is 8.05. The maximum Gasteiger partial charge on any atom is 0.244 e. The van der Waals surface area contributed by atoms with Crippen LogP contribution in [0.2, 0.25) is 0 Å². The van der Waals surface area contributed by atoms with Gasteiger partial charge in [0.15, 0.2) is 0 Å². The van der Waals surface area contributed by atoms with E-state index in [9.17, 15) is 9.18 Å². The summed E-state index contributed by atoms with van der Waals surface area (Å²) >= 11 is 0. The number of amides is 1. The van der Waals surface area contributed by atoms with Crippen molar-refractivity contribution in [1.82, 2.24) is 15.6 Å². The van der Waals surface area contributed by atoms with E-state index in [1.165, 1.54) is 11.8 Å². The molecule has 1 aliphatic heterocycles. The highest BCUT2D eigenvalue weighted by Crippen LogP contribution is 2.27. The normalized spacial score (nSPS) is 14.5. The zero-order valence-electron chi connectivity index (χ0n) is 18.1. The van der Waals surface area contributed by atoms with Crippen LogP contribution in [-0.2, 0) is 11.2 Å². The van der Waals surface area contributed by atoms with Crippen LogP contribution in [0.4, 0.5) is 10.1 Å². The maximum absolute atomic E-state index is 14.1. The van der Waals surface area contributed by atoms with E-state index >= 15 is 0 Å². The number of nitrogens with zero attached hydrogens (tertiary/aromatic N) is 1. The van der Waals surface area contributed by atoms with Crippen molar-refractivity contribution in [3.05, 3.63) is 70.7 Å². The van der Waals surface area contributed by atoms with Crippen LogP contribution in [0.25, 0.3) is 17.0 Å². The number of fused-ring (bicyclic) bond motifs is 1. The zero-order valence-corrected chi connectivity index (χ0v) is 18.1. The summed E-state index contributed by atoms with van der Waals surface area (Å²) in [6.07, 6.45) is 4.04. The molecular weight excluding hydrogens is 391 g/mol. The van der Waals surface area contributed by atoms with Crippen LogP contribution in [0.5, 0.6) is 0 Å². The van der Waals surface area contributed by atoms with E-state index in [0.717, 1.165) is 53.9 Å². The second kappa shape index (κ2) is 9.35. The van der Waals surface area contributed by atoms with E-state index in [1.807, 2.05) is 32.1 Å². The average molecular weight is 421 g/mol. The van der Waals surface area contributed by atoms with Gasteiger partial charge in [-0.1, -0.05) is 18.2 Å². The first-order chi connectivity index (χ1) is 15.0. The number of carbonyl (C=O) groups is 1. The predicted molar refractivity (Wildman–Crippen MR) is 125 cm³/mol. The average Bonchev–Trinajstić information content (AvgIpc) is 3.13. The molecule has 1 aromatic heterocycles. The predicted octanol–water partition coefficient (Wildman–Crippen LogP) is 3.71. The molecular formula is C25H29FN4O. The van der Waals surface area contributed by atoms with Crippen LogP contribution in [-0.4, -0.2) is 43.6 Å². The molecule has 162 valence electrons. The van der Waals surface area contributed by atoms with Gasteiger partial charge in [-0.15, -0.1) is 0 Å². The number of piperazine rings is 1. The first-order valence-electron chi connectivity index (χ1n) is 10.8. The summed E-state index contributed by atoms with van der Waals surface area (Å²) in [4.78, 5) is 17.7. The third-order valence-corrected chi connectivity index (χ3v) is 5.91. The van der Waals surface area contributed by atoms with Crippen molar-refractivity contribution in [3.8, 4) is 0 Å². The minimum absolute atomic E-state index is 0.133. The fraction of sp³-hybridized carbons (Fsp3) is 0.320. The molecule has 6 heteroatoms. The van der Waals surface area contributed by atoms with Crippen molar-refractivity contribution in [2.45, 2.75) is 20.3 Å². The van der Waals surface area contributed by atoms with Crippen LogP contribution < -0.4 is 15.5 Å². The molecule has 0 bridgehead atoms. The quantitative estimate of drug-likeness (QED) is 0.533. The van der Waals surface area contributed by atoms with E-state index in [1.54, 1.807) is 12.1 Å². The van der Waals surface area contributed by atoms with Crippen LogP contribution in [0.1, 0.15) is 22.4 Å². The molecule has 2 aromatic carbocycles. The number of H-pyrrole nitrogens is 1. The molecule has 0 radical (unpaired) electrons. The van der Waals surface area contributed by atoms with Gasteiger partial charge in [0, 0.05) is 55.6 Å². The highest BCUT2D eigenvalue weighted by Gasteiger charge is 2.14. The molecule has 3 N–H and O–H groups in total. The van der Waals surface area contributed by atoms with Crippen molar-refractivity contribution in [1.29, 1.82) is 0 Å². The smallest absolute Gasteiger partial charge is 0.244 e. The van der Waals surface area contributed by atoms with Gasteiger partial charge in [-0.25, -0.2) is 4.39 Å². The number of aromatic nitrogens is 1. The van der Waals surface area contributed by atoms with Gasteiger partial charge >= 0.3 is 0 Å². The molecule has 0 spiro atoms. The van der Waals surface area contributed by atoms with Crippen molar-refractivity contribution < 1.29 is 9.18 Å². The minimum Gasteiger partial charge on any atom is -0.369 e. The van der Waals surface area contributed by atoms with Crippen molar-refractivity contribution in [2.75, 3.05) is 37.6 Å². The standard InChI is InChI=1S/C25H29FN4O/c1-17-3-9-22(26)25-24(17)21(18(2)29-25)11-12-28-23(31)10-6-19-4-7-20(8-5-19)30-15-13-27-14-16-30/h3-10,27,29H,11-16H2,1-2H3,(H,28,31)/b10-6+. The lowest BCUT2D eigenvalue weighted by molar-refractivity contribution is -0.116. The number of hydrogen-bond donors (Lipinski definition) is 3. The number of carbonyl (C=O) groups excluding carboxylic acids is 1. The van der Waals surface area contributed by atoms with Crippen LogP contribution in [0.15, 0.2) is 42.5 Å². The van der Waals surface area contributed by atoms with Crippen molar-refractivity contribution in [2.24, 2.45) is 0 Å². The van der Waals surface area contributed by atoms with Gasteiger partial charge in [0.2, 0.25) is 5.91 Å². The van der Waals surface area contributed by atoms with E-state index in [-0.39, 0.29) is 11.7 Å². The molecule has 1 aliphatic rings. The van der Waals surface area contributed by atoms with Gasteiger partial charge in [-0.3, -0.25) is 4.79 Å². The lowest BCUT2D eigenvalue weighted by atomic mass is 10.0. The molecule has 4 rings (SSSR count). The zero-order chi connectivity index (χ0) is 21.8. The van der Waals surface area contributed by atoms with Gasteiger partial charge < -0.3 is 20.5 Å². The first kappa shape index (κ1) is 21.1. The summed E-state index contributed by atoms with van der Waals surface area (Å²) in [5.74, 6) is -0.378. The van der Waals surface area contributed by atoms with E-state index in [4.69, 9.17) is 0 Å². The number of halogens is 1. The van der Waals surface area contributed by atoms with Gasteiger partial charge in [0.05, 0.1) is 5.52 Å². The summed E-state index contributed by atoms with van der Waals surface area (Å²) < 4.78 is 14.1. The molecule has 1 amide bonds. The summed E-state index contributed by atoms with van der Waals surface area (Å²) in [6, 6.07) is 11.6. The topological polar surface area (TPSA) is 60.2 Å². The number of rotatable bonds is 6. The SMILES string of the molecule is Cc1[nH]c2c(F)ccc(C)c2c1CCNC(=O)/C=C/c1ccc(N2CCNCC2)cc1. The Morgan fingerprint density at radius 1 is 1.13 bits per heavy atom. The molecule has 1 saturated heterocycles. The van der Waals surface area contributed by atoms with Crippen LogP contribution >= 0.6 is 0 Å². The van der Waals surface area contributed by atoms with Crippen molar-refractivity contribution >= 4 is 28.6 Å². The minimum atomic E-state index is -0.245. The number of nitrogens with one attached hydrogen (secondary N) is 3. The third-order valence-electron chi connectivity index (χ3n) is 5.91. The van der Waals surface area contributed by atoms with Crippen molar-refractivity contribution in [3.63, 3.8) is 0 Å². The number of anilines is 1. The molecule has 31 heavy (non-hydrogen) atoms. The molecule has 3 aromatic rings. The van der Waals surface area contributed by atoms with E-state index in [2.05, 4.69) is 32.7 Å². The Morgan fingerprint density at radius 2 is 1.87 bits per heavy atom. The maximum atomic E-state index is 14.1. The fourth-order valence-electron chi connectivity index (χ4n) is 4.22. The number of aryl methyl sites for hydroxylation is 2. The van der Waals surface area contributed by atoms with Gasteiger partial charge in [-0.2, -0.15) is 0 Å². The van der Waals surface area contributed by atoms with Crippen LogP contribution in [0.3, 0.4) is 0 Å². The summed E-state index contributed by atoms with van der Waals surface area (Å²) in [7, 11) is 0. The van der Waals surface area contributed by atoms with Gasteiger partial charge in [0.25, 0.3) is 0 Å². The summed E-state index contributed by atoms with van der Waals surface area (Å²) in [5.41, 5.74) is 5.78. The molecule has 1 fully saturated rings. The Hall–Kier alpha value is -3.12. The van der Waals surface area contributed by atoms with Crippen LogP contribution in [0, 0.1) is 19.7 Å². The lowest BCUT2D eigenvalue weighted by Crippen LogP contribution is -2.43. The van der Waals surface area contributed by atoms with Gasteiger partial charge in [-0.05, 0) is 61.2 Å². The highest BCUT2D eigenvalue weighted by atomic mass is 19.1. The second-order valence-electron chi connectivity index (χ2n) is 8.05. The molecule has 5 nitrogen and oxygen atoms in total. The molecule has 0 atom stereocenters. The highest BCUT2D eigenvalue weighted by molar-refractivity contribution is 5.92. The van der Waals surface area contributed by atoms with E-state index < -0.39 is 0 Å². The Balaban J connectivity index is 1.33. The monoisotopic (exact) mass is 420 g/mol. The first-order valence-corrected chi connectivity index (χ1v) is 10.8. The Kier molecular flexibility index (Phi) is 6.37. The Bertz CT molecular complexity index is 1090. The summed E-state index contributed by atoms with van der Waals surface area (Å²) in [5, 5.41) is 7.21. The summed E-state index contributed by atoms with van der Waals surface area (Å²) in [6.45, 7) is 8.46.